The molecule has 0 spiro atoms. The molecular formula is C36H47NO4. The number of carbonyl (C=O) groups is 1. The van der Waals surface area contributed by atoms with E-state index < -0.39 is 0 Å². The molecule has 0 amide bonds. The van der Waals surface area contributed by atoms with Crippen molar-refractivity contribution < 1.29 is 19.0 Å². The maximum absolute atomic E-state index is 12.1. The second kappa shape index (κ2) is 16.9. The molecule has 2 aromatic carbocycles. The van der Waals surface area contributed by atoms with Gasteiger partial charge in [-0.2, -0.15) is 0 Å². The van der Waals surface area contributed by atoms with Crippen molar-refractivity contribution in [2.24, 2.45) is 11.8 Å². The number of pyridine rings is 1. The summed E-state index contributed by atoms with van der Waals surface area (Å²) in [6, 6.07) is 21.1. The minimum absolute atomic E-state index is 0.0255. The molecule has 0 radical (unpaired) electrons. The molecular weight excluding hydrogens is 510 g/mol. The third-order valence-corrected chi connectivity index (χ3v) is 8.03. The highest BCUT2D eigenvalue weighted by Gasteiger charge is 2.25. The van der Waals surface area contributed by atoms with Gasteiger partial charge >= 0.3 is 5.97 Å². The largest absolute Gasteiger partial charge is 0.492 e. The van der Waals surface area contributed by atoms with Crippen LogP contribution in [0.3, 0.4) is 0 Å². The number of nitrogens with zero attached hydrogens (tertiary/aromatic N) is 1. The van der Waals surface area contributed by atoms with Gasteiger partial charge in [0.15, 0.2) is 0 Å². The Morgan fingerprint density at radius 3 is 1.95 bits per heavy atom. The van der Waals surface area contributed by atoms with Crippen LogP contribution in [0.4, 0.5) is 0 Å². The highest BCUT2D eigenvalue weighted by molar-refractivity contribution is 5.72. The lowest BCUT2D eigenvalue weighted by molar-refractivity contribution is -0.150. The number of esters is 1. The van der Waals surface area contributed by atoms with Crippen LogP contribution >= 0.6 is 0 Å². The van der Waals surface area contributed by atoms with Crippen molar-refractivity contribution in [3.8, 4) is 28.1 Å². The molecule has 1 fully saturated rings. The van der Waals surface area contributed by atoms with Gasteiger partial charge in [0.05, 0.1) is 31.0 Å². The van der Waals surface area contributed by atoms with Crippen molar-refractivity contribution in [2.45, 2.75) is 78.1 Å². The minimum Gasteiger partial charge on any atom is -0.492 e. The Hall–Kier alpha value is -3.18. The average Bonchev–Trinajstić information content (AvgIpc) is 3.00. The fourth-order valence-corrected chi connectivity index (χ4v) is 5.26. The number of ether oxygens (including phenoxy) is 3. The quantitative estimate of drug-likeness (QED) is 0.130. The van der Waals surface area contributed by atoms with E-state index in [4.69, 9.17) is 14.2 Å². The normalized spacial score (nSPS) is 16.8. The Kier molecular flexibility index (Phi) is 12.7. The third kappa shape index (κ3) is 10.6. The van der Waals surface area contributed by atoms with Crippen molar-refractivity contribution in [3.63, 3.8) is 0 Å². The lowest BCUT2D eigenvalue weighted by atomic mass is 9.83. The molecule has 0 N–H and O–H groups in total. The summed E-state index contributed by atoms with van der Waals surface area (Å²) in [6.45, 7) is 7.15. The van der Waals surface area contributed by atoms with Crippen molar-refractivity contribution in [3.05, 3.63) is 72.4 Å². The van der Waals surface area contributed by atoms with Crippen LogP contribution in [0.15, 0.2) is 66.9 Å². The summed E-state index contributed by atoms with van der Waals surface area (Å²) < 4.78 is 17.1. The number of rotatable bonds is 16. The average molecular weight is 558 g/mol. The van der Waals surface area contributed by atoms with E-state index in [-0.39, 0.29) is 11.9 Å². The topological polar surface area (TPSA) is 57.7 Å². The summed E-state index contributed by atoms with van der Waals surface area (Å²) in [5.74, 6) is 1.72. The van der Waals surface area contributed by atoms with Crippen LogP contribution in [0.25, 0.3) is 22.4 Å². The molecule has 0 aliphatic heterocycles. The molecule has 220 valence electrons. The lowest BCUT2D eigenvalue weighted by Gasteiger charge is -2.24. The Labute approximate surface area is 246 Å². The first-order chi connectivity index (χ1) is 20.1. The van der Waals surface area contributed by atoms with E-state index in [9.17, 15) is 4.79 Å². The molecule has 1 saturated carbocycles. The van der Waals surface area contributed by atoms with E-state index in [1.807, 2.05) is 12.1 Å². The number of hydrogen-bond donors (Lipinski definition) is 0. The molecule has 5 nitrogen and oxygen atoms in total. The molecule has 4 rings (SSSR count). The van der Waals surface area contributed by atoms with Crippen LogP contribution in [0, 0.1) is 18.8 Å². The fourth-order valence-electron chi connectivity index (χ4n) is 5.26. The van der Waals surface area contributed by atoms with Gasteiger partial charge in [0, 0.05) is 18.8 Å². The first kappa shape index (κ1) is 30.8. The van der Waals surface area contributed by atoms with E-state index in [0.29, 0.717) is 13.2 Å². The van der Waals surface area contributed by atoms with Gasteiger partial charge < -0.3 is 14.2 Å². The monoisotopic (exact) mass is 557 g/mol. The van der Waals surface area contributed by atoms with Gasteiger partial charge in [0.25, 0.3) is 0 Å². The highest BCUT2D eigenvalue weighted by atomic mass is 16.5. The number of benzene rings is 2. The predicted molar refractivity (Wildman–Crippen MR) is 166 cm³/mol. The van der Waals surface area contributed by atoms with Gasteiger partial charge in [-0.15, -0.1) is 0 Å². The third-order valence-electron chi connectivity index (χ3n) is 8.03. The maximum Gasteiger partial charge on any atom is 0.308 e. The van der Waals surface area contributed by atoms with E-state index in [0.717, 1.165) is 100 Å². The van der Waals surface area contributed by atoms with Crippen LogP contribution in [0.1, 0.15) is 76.7 Å². The summed E-state index contributed by atoms with van der Waals surface area (Å²) >= 11 is 0. The SMILES string of the molecule is Cc1ccc(-c2ccc(-c3ccc(OCCCCOCCCCCCOC(=O)C4CCC(C)CC4)cn3)cc2)cc1. The molecule has 0 unspecified atom stereocenters. The number of carbonyl (C=O) groups excluding carboxylic acids is 1. The van der Waals surface area contributed by atoms with Gasteiger partial charge in [-0.1, -0.05) is 67.4 Å². The molecule has 1 aliphatic rings. The van der Waals surface area contributed by atoms with Crippen molar-refractivity contribution in [1.29, 1.82) is 0 Å². The van der Waals surface area contributed by atoms with Crippen molar-refractivity contribution in [1.82, 2.24) is 4.98 Å². The Morgan fingerprint density at radius 1 is 0.707 bits per heavy atom. The number of hydrogen-bond acceptors (Lipinski definition) is 5. The van der Waals surface area contributed by atoms with Crippen LogP contribution in [-0.4, -0.2) is 37.4 Å². The molecule has 41 heavy (non-hydrogen) atoms. The van der Waals surface area contributed by atoms with E-state index in [1.54, 1.807) is 6.20 Å². The van der Waals surface area contributed by atoms with Gasteiger partial charge in [-0.25, -0.2) is 0 Å². The smallest absolute Gasteiger partial charge is 0.308 e. The predicted octanol–water partition coefficient (Wildman–Crippen LogP) is 8.83. The van der Waals surface area contributed by atoms with Crippen LogP contribution in [0.2, 0.25) is 0 Å². The molecule has 0 bridgehead atoms. The summed E-state index contributed by atoms with van der Waals surface area (Å²) in [4.78, 5) is 16.7. The Bertz CT molecular complexity index is 1150. The standard InChI is InChI=1S/C36H47NO4/c1-28-9-13-30(14-10-28)31-17-19-32(20-18-31)35-22-21-34(27-37-35)40-25-8-7-24-39-23-5-3-4-6-26-41-36(38)33-15-11-29(2)12-16-33/h9-10,13-14,17-22,27,29,33H,3-8,11-12,15-16,23-26H2,1-2H3. The van der Waals surface area contributed by atoms with Crippen LogP contribution in [0.5, 0.6) is 5.75 Å². The van der Waals surface area contributed by atoms with Gasteiger partial charge in [0.1, 0.15) is 5.75 Å². The zero-order valence-corrected chi connectivity index (χ0v) is 25.0. The molecule has 1 aliphatic carbocycles. The Balaban J connectivity index is 0.986. The summed E-state index contributed by atoms with van der Waals surface area (Å²) in [5, 5.41) is 0. The number of unbranched alkanes of at least 4 members (excludes halogenated alkanes) is 4. The molecule has 5 heteroatoms. The molecule has 3 aromatic rings. The van der Waals surface area contributed by atoms with Crippen molar-refractivity contribution >= 4 is 5.97 Å². The lowest BCUT2D eigenvalue weighted by Crippen LogP contribution is -2.23. The highest BCUT2D eigenvalue weighted by Crippen LogP contribution is 2.29. The van der Waals surface area contributed by atoms with Crippen molar-refractivity contribution in [2.75, 3.05) is 26.4 Å². The zero-order chi connectivity index (χ0) is 28.7. The van der Waals surface area contributed by atoms with Gasteiger partial charge in [-0.05, 0) is 93.9 Å². The van der Waals surface area contributed by atoms with Crippen LogP contribution < -0.4 is 4.74 Å². The van der Waals surface area contributed by atoms with Gasteiger partial charge in [0.2, 0.25) is 0 Å². The second-order valence-corrected chi connectivity index (χ2v) is 11.5. The van der Waals surface area contributed by atoms with E-state index in [1.165, 1.54) is 16.7 Å². The van der Waals surface area contributed by atoms with Crippen LogP contribution in [-0.2, 0) is 14.3 Å². The van der Waals surface area contributed by atoms with E-state index in [2.05, 4.69) is 67.4 Å². The summed E-state index contributed by atoms with van der Waals surface area (Å²) in [6.07, 6.45) is 12.2. The second-order valence-electron chi connectivity index (χ2n) is 11.5. The van der Waals surface area contributed by atoms with E-state index >= 15 is 0 Å². The summed E-state index contributed by atoms with van der Waals surface area (Å²) in [5.41, 5.74) is 5.73. The fraction of sp³-hybridized carbons (Fsp3) is 0.500. The first-order valence-electron chi connectivity index (χ1n) is 15.6. The first-order valence-corrected chi connectivity index (χ1v) is 15.6. The van der Waals surface area contributed by atoms with Gasteiger partial charge in [-0.3, -0.25) is 9.78 Å². The minimum atomic E-state index is 0.0255. The molecule has 1 aromatic heterocycles. The molecule has 0 saturated heterocycles. The number of aromatic nitrogens is 1. The number of aryl methyl sites for hydroxylation is 1. The maximum atomic E-state index is 12.1. The molecule has 1 heterocycles. The molecule has 0 atom stereocenters. The summed E-state index contributed by atoms with van der Waals surface area (Å²) in [7, 11) is 0. The zero-order valence-electron chi connectivity index (χ0n) is 25.0. The Morgan fingerprint density at radius 2 is 1.29 bits per heavy atom.